The maximum Gasteiger partial charge on any atom is 0.196 e. The van der Waals surface area contributed by atoms with E-state index in [9.17, 15) is 4.79 Å². The zero-order valence-corrected chi connectivity index (χ0v) is 12.7. The average Bonchev–Trinajstić information content (AvgIpc) is 2.53. The quantitative estimate of drug-likeness (QED) is 0.792. The second-order valence-corrected chi connectivity index (χ2v) is 4.65. The summed E-state index contributed by atoms with van der Waals surface area (Å²) in [5.41, 5.74) is 0.906. The van der Waals surface area contributed by atoms with Crippen LogP contribution in [0.5, 0.6) is 17.2 Å². The van der Waals surface area contributed by atoms with Crippen LogP contribution in [0.3, 0.4) is 0 Å². The van der Waals surface area contributed by atoms with Gasteiger partial charge in [-0.2, -0.15) is 0 Å². The highest BCUT2D eigenvalue weighted by molar-refractivity contribution is 6.32. The molecule has 0 bridgehead atoms. The van der Waals surface area contributed by atoms with Crippen LogP contribution in [-0.4, -0.2) is 27.1 Å². The van der Waals surface area contributed by atoms with Gasteiger partial charge in [-0.15, -0.1) is 0 Å². The van der Waals surface area contributed by atoms with Gasteiger partial charge in [0.15, 0.2) is 5.78 Å². The molecule has 0 saturated carbocycles. The van der Waals surface area contributed by atoms with E-state index in [0.717, 1.165) is 0 Å². The van der Waals surface area contributed by atoms with Crippen molar-refractivity contribution in [3.8, 4) is 17.2 Å². The molecule has 0 amide bonds. The molecular formula is C16H15ClO4. The summed E-state index contributed by atoms with van der Waals surface area (Å²) >= 11 is 6.05. The van der Waals surface area contributed by atoms with Crippen molar-refractivity contribution < 1.29 is 19.0 Å². The van der Waals surface area contributed by atoms with E-state index in [2.05, 4.69) is 0 Å². The first-order valence-electron chi connectivity index (χ1n) is 6.21. The van der Waals surface area contributed by atoms with Crippen LogP contribution in [-0.2, 0) is 0 Å². The van der Waals surface area contributed by atoms with Crippen LogP contribution in [0.2, 0.25) is 5.02 Å². The molecule has 5 heteroatoms. The first-order valence-corrected chi connectivity index (χ1v) is 6.58. The minimum Gasteiger partial charge on any atom is -0.497 e. The zero-order valence-electron chi connectivity index (χ0n) is 12.0. The standard InChI is InChI=1S/C16H15ClO4/c1-19-11-5-6-12(15(9-11)21-3)16(18)10-4-7-14(20-2)13(17)8-10/h4-9H,1-3H3. The monoisotopic (exact) mass is 306 g/mol. The third kappa shape index (κ3) is 3.11. The number of halogens is 1. The molecule has 0 unspecified atom stereocenters. The maximum atomic E-state index is 12.6. The molecule has 0 aliphatic carbocycles. The highest BCUT2D eigenvalue weighted by Crippen LogP contribution is 2.30. The number of rotatable bonds is 5. The Morgan fingerprint density at radius 1 is 0.905 bits per heavy atom. The Kier molecular flexibility index (Phi) is 4.70. The zero-order chi connectivity index (χ0) is 15.4. The highest BCUT2D eigenvalue weighted by atomic mass is 35.5. The molecular weight excluding hydrogens is 292 g/mol. The lowest BCUT2D eigenvalue weighted by molar-refractivity contribution is 0.103. The molecule has 21 heavy (non-hydrogen) atoms. The number of carbonyl (C=O) groups is 1. The lowest BCUT2D eigenvalue weighted by Crippen LogP contribution is -2.04. The topological polar surface area (TPSA) is 44.8 Å². The van der Waals surface area contributed by atoms with E-state index < -0.39 is 0 Å². The summed E-state index contributed by atoms with van der Waals surface area (Å²) in [6.45, 7) is 0. The van der Waals surface area contributed by atoms with E-state index in [0.29, 0.717) is 33.4 Å². The Morgan fingerprint density at radius 2 is 1.62 bits per heavy atom. The second kappa shape index (κ2) is 6.50. The van der Waals surface area contributed by atoms with E-state index in [1.165, 1.54) is 14.2 Å². The van der Waals surface area contributed by atoms with Gasteiger partial charge in [0.25, 0.3) is 0 Å². The summed E-state index contributed by atoms with van der Waals surface area (Å²) in [6, 6.07) is 9.94. The number of ether oxygens (including phenoxy) is 3. The van der Waals surface area contributed by atoms with Crippen molar-refractivity contribution in [2.45, 2.75) is 0 Å². The molecule has 2 rings (SSSR count). The summed E-state index contributed by atoms with van der Waals surface area (Å²) in [5, 5.41) is 0.385. The van der Waals surface area contributed by atoms with Crippen molar-refractivity contribution in [3.05, 3.63) is 52.5 Å². The average molecular weight is 307 g/mol. The van der Waals surface area contributed by atoms with Gasteiger partial charge in [0.2, 0.25) is 0 Å². The number of carbonyl (C=O) groups excluding carboxylic acids is 1. The predicted octanol–water partition coefficient (Wildman–Crippen LogP) is 3.60. The summed E-state index contributed by atoms with van der Waals surface area (Å²) in [5.74, 6) is 1.41. The van der Waals surface area contributed by atoms with Crippen molar-refractivity contribution in [3.63, 3.8) is 0 Å². The Balaban J connectivity index is 2.42. The molecule has 0 radical (unpaired) electrons. The van der Waals surface area contributed by atoms with Crippen molar-refractivity contribution >= 4 is 17.4 Å². The molecule has 0 saturated heterocycles. The lowest BCUT2D eigenvalue weighted by Gasteiger charge is -2.10. The first kappa shape index (κ1) is 15.2. The Morgan fingerprint density at radius 3 is 2.19 bits per heavy atom. The number of hydrogen-bond donors (Lipinski definition) is 0. The smallest absolute Gasteiger partial charge is 0.196 e. The maximum absolute atomic E-state index is 12.6. The van der Waals surface area contributed by atoms with Gasteiger partial charge in [-0.25, -0.2) is 0 Å². The van der Waals surface area contributed by atoms with E-state index in [-0.39, 0.29) is 5.78 Å². The fourth-order valence-corrected chi connectivity index (χ4v) is 2.21. The molecule has 110 valence electrons. The van der Waals surface area contributed by atoms with E-state index in [4.69, 9.17) is 25.8 Å². The summed E-state index contributed by atoms with van der Waals surface area (Å²) in [6.07, 6.45) is 0. The largest absolute Gasteiger partial charge is 0.497 e. The molecule has 4 nitrogen and oxygen atoms in total. The highest BCUT2D eigenvalue weighted by Gasteiger charge is 2.16. The van der Waals surface area contributed by atoms with E-state index in [1.807, 2.05) is 0 Å². The minimum absolute atomic E-state index is 0.181. The predicted molar refractivity (Wildman–Crippen MR) is 81.0 cm³/mol. The Hall–Kier alpha value is -2.20. The van der Waals surface area contributed by atoms with Crippen LogP contribution in [0.25, 0.3) is 0 Å². The number of methoxy groups -OCH3 is 3. The lowest BCUT2D eigenvalue weighted by atomic mass is 10.0. The Bertz CT molecular complexity index is 667. The summed E-state index contributed by atoms with van der Waals surface area (Å²) in [4.78, 5) is 12.6. The van der Waals surface area contributed by atoms with Crippen LogP contribution in [0.15, 0.2) is 36.4 Å². The Labute approximate surface area is 128 Å². The molecule has 2 aromatic rings. The molecule has 0 fully saturated rings. The van der Waals surface area contributed by atoms with Crippen LogP contribution < -0.4 is 14.2 Å². The van der Waals surface area contributed by atoms with Crippen molar-refractivity contribution in [2.24, 2.45) is 0 Å². The summed E-state index contributed by atoms with van der Waals surface area (Å²) in [7, 11) is 4.58. The van der Waals surface area contributed by atoms with Gasteiger partial charge in [0, 0.05) is 11.6 Å². The number of hydrogen-bond acceptors (Lipinski definition) is 4. The fraction of sp³-hybridized carbons (Fsp3) is 0.188. The summed E-state index contributed by atoms with van der Waals surface area (Å²) < 4.78 is 15.4. The van der Waals surface area contributed by atoms with Gasteiger partial charge >= 0.3 is 0 Å². The van der Waals surface area contributed by atoms with Gasteiger partial charge in [0.1, 0.15) is 17.2 Å². The molecule has 0 aliphatic rings. The van der Waals surface area contributed by atoms with Crippen LogP contribution in [0.1, 0.15) is 15.9 Å². The third-order valence-electron chi connectivity index (χ3n) is 3.07. The minimum atomic E-state index is -0.181. The van der Waals surface area contributed by atoms with Gasteiger partial charge in [0.05, 0.1) is 31.9 Å². The molecule has 2 aromatic carbocycles. The van der Waals surface area contributed by atoms with Gasteiger partial charge < -0.3 is 14.2 Å². The molecule has 0 aromatic heterocycles. The van der Waals surface area contributed by atoms with Crippen molar-refractivity contribution in [1.29, 1.82) is 0 Å². The third-order valence-corrected chi connectivity index (χ3v) is 3.36. The van der Waals surface area contributed by atoms with Crippen LogP contribution >= 0.6 is 11.6 Å². The van der Waals surface area contributed by atoms with Gasteiger partial charge in [-0.05, 0) is 30.3 Å². The molecule has 0 spiro atoms. The number of ketones is 1. The van der Waals surface area contributed by atoms with E-state index >= 15 is 0 Å². The van der Waals surface area contributed by atoms with Crippen molar-refractivity contribution in [1.82, 2.24) is 0 Å². The molecule has 0 N–H and O–H groups in total. The normalized spacial score (nSPS) is 10.1. The van der Waals surface area contributed by atoms with Crippen LogP contribution in [0.4, 0.5) is 0 Å². The molecule has 0 atom stereocenters. The molecule has 0 heterocycles. The van der Waals surface area contributed by atoms with Gasteiger partial charge in [-0.1, -0.05) is 11.6 Å². The van der Waals surface area contributed by atoms with Gasteiger partial charge in [-0.3, -0.25) is 4.79 Å². The van der Waals surface area contributed by atoms with Crippen LogP contribution in [0, 0.1) is 0 Å². The number of benzene rings is 2. The SMILES string of the molecule is COc1ccc(C(=O)c2ccc(OC)c(Cl)c2)c(OC)c1. The second-order valence-electron chi connectivity index (χ2n) is 4.24. The van der Waals surface area contributed by atoms with Crippen molar-refractivity contribution in [2.75, 3.05) is 21.3 Å². The fourth-order valence-electron chi connectivity index (χ4n) is 1.95. The first-order chi connectivity index (χ1) is 10.1. The van der Waals surface area contributed by atoms with E-state index in [1.54, 1.807) is 43.5 Å². The molecule has 0 aliphatic heterocycles.